The van der Waals surface area contributed by atoms with Gasteiger partial charge in [-0.1, -0.05) is 12.1 Å². The first-order valence-electron chi connectivity index (χ1n) is 4.53. The number of phenolic OH excluding ortho intramolecular Hbond substituents is 2. The van der Waals surface area contributed by atoms with Crippen molar-refractivity contribution < 1.29 is 10.2 Å². The molecule has 4 N–H and O–H groups in total. The number of hydrogen-bond donors (Lipinski definition) is 3. The first-order valence-corrected chi connectivity index (χ1v) is 4.53. The van der Waals surface area contributed by atoms with Gasteiger partial charge in [0.1, 0.15) is 0 Å². The molecule has 1 atom stereocenters. The third-order valence-corrected chi connectivity index (χ3v) is 2.11. The number of phenols is 2. The molecule has 1 aromatic carbocycles. The molecule has 1 rings (SSSR count). The second-order valence-electron chi connectivity index (χ2n) is 3.22. The molecule has 0 saturated carbocycles. The van der Waals surface area contributed by atoms with Crippen molar-refractivity contribution in [1.82, 2.24) is 0 Å². The molecular weight excluding hydrogens is 178 g/mol. The molecule has 0 aliphatic heterocycles. The van der Waals surface area contributed by atoms with Gasteiger partial charge in [0.25, 0.3) is 0 Å². The summed E-state index contributed by atoms with van der Waals surface area (Å²) in [5.74, 6) is -0.249. The van der Waals surface area contributed by atoms with E-state index >= 15 is 0 Å². The van der Waals surface area contributed by atoms with Crippen LogP contribution in [-0.4, -0.2) is 10.2 Å². The average molecular weight is 193 g/mol. The number of aromatic hydroxyl groups is 2. The molecule has 14 heavy (non-hydrogen) atoms. The quantitative estimate of drug-likeness (QED) is 0.506. The molecule has 0 radical (unpaired) electrons. The summed E-state index contributed by atoms with van der Waals surface area (Å²) in [5, 5.41) is 18.3. The van der Waals surface area contributed by atoms with E-state index in [1.165, 1.54) is 12.1 Å². The minimum absolute atomic E-state index is 0.121. The second-order valence-corrected chi connectivity index (χ2v) is 3.22. The van der Waals surface area contributed by atoms with E-state index < -0.39 is 0 Å². The lowest BCUT2D eigenvalue weighted by Crippen LogP contribution is -2.09. The van der Waals surface area contributed by atoms with Crippen molar-refractivity contribution in [3.63, 3.8) is 0 Å². The Morgan fingerprint density at radius 1 is 1.36 bits per heavy atom. The summed E-state index contributed by atoms with van der Waals surface area (Å²) >= 11 is 0. The molecule has 3 nitrogen and oxygen atoms in total. The van der Waals surface area contributed by atoms with Crippen LogP contribution >= 0.6 is 0 Å². The molecule has 0 spiro atoms. The zero-order valence-electron chi connectivity index (χ0n) is 7.98. The second kappa shape index (κ2) is 4.67. The van der Waals surface area contributed by atoms with Crippen molar-refractivity contribution in [3.8, 4) is 11.5 Å². The summed E-state index contributed by atoms with van der Waals surface area (Å²) in [6.07, 6.45) is 3.43. The Hall–Kier alpha value is -1.48. The number of benzene rings is 1. The first-order chi connectivity index (χ1) is 6.65. The van der Waals surface area contributed by atoms with E-state index in [1.54, 1.807) is 12.1 Å². The average Bonchev–Trinajstić information content (AvgIpc) is 2.18. The van der Waals surface area contributed by atoms with Crippen LogP contribution in [0.15, 0.2) is 30.9 Å². The van der Waals surface area contributed by atoms with Crippen molar-refractivity contribution >= 4 is 0 Å². The standard InChI is InChI=1S/C11H15NO2/c1-2-3-4-9(12)8-5-6-10(13)11(14)7-8/h2,5-7,9,13-14H,1,3-4,12H2/t9-/m0/s1. The van der Waals surface area contributed by atoms with Crippen molar-refractivity contribution in [2.75, 3.05) is 0 Å². The minimum Gasteiger partial charge on any atom is -0.504 e. The Morgan fingerprint density at radius 2 is 2.07 bits per heavy atom. The molecule has 0 aliphatic carbocycles. The van der Waals surface area contributed by atoms with Crippen molar-refractivity contribution in [2.45, 2.75) is 18.9 Å². The lowest BCUT2D eigenvalue weighted by molar-refractivity contribution is 0.402. The molecule has 0 fully saturated rings. The monoisotopic (exact) mass is 193 g/mol. The summed E-state index contributed by atoms with van der Waals surface area (Å²) in [5.41, 5.74) is 6.68. The van der Waals surface area contributed by atoms with Gasteiger partial charge in [0.15, 0.2) is 11.5 Å². The summed E-state index contributed by atoms with van der Waals surface area (Å²) in [6.45, 7) is 3.61. The number of rotatable bonds is 4. The van der Waals surface area contributed by atoms with Crippen LogP contribution in [0.25, 0.3) is 0 Å². The summed E-state index contributed by atoms with van der Waals surface area (Å²) in [4.78, 5) is 0. The van der Waals surface area contributed by atoms with Gasteiger partial charge in [-0.15, -0.1) is 6.58 Å². The largest absolute Gasteiger partial charge is 0.504 e. The van der Waals surface area contributed by atoms with Gasteiger partial charge in [0.05, 0.1) is 0 Å². The normalized spacial score (nSPS) is 12.4. The van der Waals surface area contributed by atoms with Crippen LogP contribution in [0, 0.1) is 0 Å². The molecule has 0 heterocycles. The molecule has 0 amide bonds. The van der Waals surface area contributed by atoms with Crippen molar-refractivity contribution in [1.29, 1.82) is 0 Å². The van der Waals surface area contributed by atoms with Gasteiger partial charge < -0.3 is 15.9 Å². The smallest absolute Gasteiger partial charge is 0.157 e. The van der Waals surface area contributed by atoms with Gasteiger partial charge in [-0.25, -0.2) is 0 Å². The van der Waals surface area contributed by atoms with Gasteiger partial charge in [-0.3, -0.25) is 0 Å². The van der Waals surface area contributed by atoms with Crippen molar-refractivity contribution in [2.24, 2.45) is 5.73 Å². The highest BCUT2D eigenvalue weighted by molar-refractivity contribution is 5.41. The van der Waals surface area contributed by atoms with Crippen LogP contribution < -0.4 is 5.73 Å². The first kappa shape index (κ1) is 10.6. The maximum atomic E-state index is 9.25. The Morgan fingerprint density at radius 3 is 2.64 bits per heavy atom. The Labute approximate surface area is 83.5 Å². The predicted molar refractivity (Wildman–Crippen MR) is 56.1 cm³/mol. The lowest BCUT2D eigenvalue weighted by Gasteiger charge is -2.11. The number of nitrogens with two attached hydrogens (primary N) is 1. The lowest BCUT2D eigenvalue weighted by atomic mass is 10.0. The zero-order chi connectivity index (χ0) is 10.6. The SMILES string of the molecule is C=CCC[C@H](N)c1ccc(O)c(O)c1. The Kier molecular flexibility index (Phi) is 3.54. The summed E-state index contributed by atoms with van der Waals surface area (Å²) in [7, 11) is 0. The van der Waals surface area contributed by atoms with E-state index in [1.807, 2.05) is 0 Å². The maximum absolute atomic E-state index is 9.25. The summed E-state index contributed by atoms with van der Waals surface area (Å²) < 4.78 is 0. The van der Waals surface area contributed by atoms with Crippen LogP contribution in [-0.2, 0) is 0 Å². The topological polar surface area (TPSA) is 66.5 Å². The Bertz CT molecular complexity index is 323. The predicted octanol–water partition coefficient (Wildman–Crippen LogP) is 2.06. The van der Waals surface area contributed by atoms with E-state index in [0.717, 1.165) is 18.4 Å². The highest BCUT2D eigenvalue weighted by atomic mass is 16.3. The van der Waals surface area contributed by atoms with E-state index in [4.69, 9.17) is 10.8 Å². The highest BCUT2D eigenvalue weighted by Crippen LogP contribution is 2.28. The molecule has 3 heteroatoms. The van der Waals surface area contributed by atoms with Gasteiger partial charge in [0.2, 0.25) is 0 Å². The van der Waals surface area contributed by atoms with E-state index in [2.05, 4.69) is 6.58 Å². The molecule has 0 unspecified atom stereocenters. The third-order valence-electron chi connectivity index (χ3n) is 2.11. The molecule has 76 valence electrons. The Balaban J connectivity index is 2.75. The molecule has 1 aromatic rings. The molecular formula is C11H15NO2. The van der Waals surface area contributed by atoms with Crippen molar-refractivity contribution in [3.05, 3.63) is 36.4 Å². The fourth-order valence-electron chi connectivity index (χ4n) is 1.24. The number of allylic oxidation sites excluding steroid dienone is 1. The summed E-state index contributed by atoms with van der Waals surface area (Å²) in [6, 6.07) is 4.52. The van der Waals surface area contributed by atoms with Crippen LogP contribution in [0.5, 0.6) is 11.5 Å². The third kappa shape index (κ3) is 2.50. The maximum Gasteiger partial charge on any atom is 0.157 e. The number of hydrogen-bond acceptors (Lipinski definition) is 3. The zero-order valence-corrected chi connectivity index (χ0v) is 7.98. The molecule has 0 saturated heterocycles. The molecule has 0 aliphatic rings. The fourth-order valence-corrected chi connectivity index (χ4v) is 1.24. The van der Waals surface area contributed by atoms with E-state index in [-0.39, 0.29) is 17.5 Å². The molecule has 0 bridgehead atoms. The van der Waals surface area contributed by atoms with Crippen LogP contribution in [0.1, 0.15) is 24.4 Å². The highest BCUT2D eigenvalue weighted by Gasteiger charge is 2.07. The minimum atomic E-state index is -0.128. The van der Waals surface area contributed by atoms with E-state index in [0.29, 0.717) is 0 Å². The van der Waals surface area contributed by atoms with Crippen LogP contribution in [0.2, 0.25) is 0 Å². The van der Waals surface area contributed by atoms with Crippen LogP contribution in [0.4, 0.5) is 0 Å². The fraction of sp³-hybridized carbons (Fsp3) is 0.273. The molecule has 0 aromatic heterocycles. The van der Waals surface area contributed by atoms with Gasteiger partial charge >= 0.3 is 0 Å². The van der Waals surface area contributed by atoms with Gasteiger partial charge in [-0.2, -0.15) is 0 Å². The van der Waals surface area contributed by atoms with Gasteiger partial charge in [-0.05, 0) is 30.5 Å². The van der Waals surface area contributed by atoms with Crippen LogP contribution in [0.3, 0.4) is 0 Å². The van der Waals surface area contributed by atoms with E-state index in [9.17, 15) is 5.11 Å². The van der Waals surface area contributed by atoms with Gasteiger partial charge in [0, 0.05) is 6.04 Å².